The third-order valence-electron chi connectivity index (χ3n) is 3.83. The fourth-order valence-corrected chi connectivity index (χ4v) is 2.58. The van der Waals surface area contributed by atoms with Crippen molar-refractivity contribution < 1.29 is 18.0 Å². The number of amides is 1. The van der Waals surface area contributed by atoms with Gasteiger partial charge >= 0.3 is 6.18 Å². The quantitative estimate of drug-likeness (QED) is 0.855. The summed E-state index contributed by atoms with van der Waals surface area (Å²) in [5, 5.41) is 5.41. The fourth-order valence-electron chi connectivity index (χ4n) is 2.58. The van der Waals surface area contributed by atoms with Crippen molar-refractivity contribution in [3.8, 4) is 0 Å². The van der Waals surface area contributed by atoms with Crippen LogP contribution in [0.25, 0.3) is 0 Å². The average molecular weight is 349 g/mol. The molecule has 0 atom stereocenters. The van der Waals surface area contributed by atoms with Crippen LogP contribution in [0.15, 0.2) is 58.6 Å². The van der Waals surface area contributed by atoms with Crippen LogP contribution in [0.5, 0.6) is 0 Å². The summed E-state index contributed by atoms with van der Waals surface area (Å²) in [4.78, 5) is 24.2. The molecule has 0 N–H and O–H groups in total. The van der Waals surface area contributed by atoms with Crippen LogP contribution in [0, 0.1) is 0 Å². The number of nitrogens with zero attached hydrogens (tertiary/aromatic N) is 3. The second-order valence-corrected chi connectivity index (χ2v) is 5.53. The van der Waals surface area contributed by atoms with Crippen molar-refractivity contribution in [3.05, 3.63) is 70.1 Å². The Morgan fingerprint density at radius 3 is 2.52 bits per heavy atom. The fraction of sp³-hybridized carbons (Fsp3) is 0.235. The van der Waals surface area contributed by atoms with Crippen LogP contribution >= 0.6 is 0 Å². The second kappa shape index (κ2) is 6.54. The molecule has 2 heterocycles. The number of hydrazone groups is 1. The van der Waals surface area contributed by atoms with Crippen molar-refractivity contribution in [3.63, 3.8) is 0 Å². The Morgan fingerprint density at radius 2 is 1.84 bits per heavy atom. The van der Waals surface area contributed by atoms with E-state index in [0.29, 0.717) is 19.0 Å². The standard InChI is InChI=1S/C17H14F3N3O2/c18-17(19,20)13-7-4-9-22(16(13)25)11-15(24)23-10-8-14(21-23)12-5-2-1-3-6-12/h1-7,9H,8,10-11H2. The summed E-state index contributed by atoms with van der Waals surface area (Å²) in [5.41, 5.74) is -0.924. The molecule has 0 aliphatic carbocycles. The van der Waals surface area contributed by atoms with Gasteiger partial charge in [-0.1, -0.05) is 30.3 Å². The van der Waals surface area contributed by atoms with E-state index in [2.05, 4.69) is 5.10 Å². The van der Waals surface area contributed by atoms with Crippen LogP contribution in [-0.2, 0) is 17.5 Å². The van der Waals surface area contributed by atoms with Crippen molar-refractivity contribution in [2.45, 2.75) is 19.1 Å². The topological polar surface area (TPSA) is 54.7 Å². The molecule has 1 aromatic carbocycles. The third kappa shape index (κ3) is 3.62. The van der Waals surface area contributed by atoms with Crippen LogP contribution in [0.2, 0.25) is 0 Å². The van der Waals surface area contributed by atoms with E-state index in [-0.39, 0.29) is 0 Å². The van der Waals surface area contributed by atoms with E-state index in [1.807, 2.05) is 30.3 Å². The Kier molecular flexibility index (Phi) is 4.43. The van der Waals surface area contributed by atoms with Crippen LogP contribution in [0.3, 0.4) is 0 Å². The predicted molar refractivity (Wildman–Crippen MR) is 85.0 cm³/mol. The van der Waals surface area contributed by atoms with Gasteiger partial charge in [0.05, 0.1) is 12.3 Å². The number of hydrogen-bond donors (Lipinski definition) is 0. The van der Waals surface area contributed by atoms with Gasteiger partial charge in [0.1, 0.15) is 12.1 Å². The average Bonchev–Trinajstić information content (AvgIpc) is 3.06. The molecule has 1 aliphatic rings. The summed E-state index contributed by atoms with van der Waals surface area (Å²) >= 11 is 0. The molecule has 8 heteroatoms. The van der Waals surface area contributed by atoms with Gasteiger partial charge in [-0.2, -0.15) is 18.3 Å². The minimum atomic E-state index is -4.75. The molecular weight excluding hydrogens is 335 g/mol. The van der Waals surface area contributed by atoms with Crippen LogP contribution in [0.1, 0.15) is 17.5 Å². The first-order valence-corrected chi connectivity index (χ1v) is 7.56. The van der Waals surface area contributed by atoms with Gasteiger partial charge in [0.2, 0.25) is 0 Å². The van der Waals surface area contributed by atoms with E-state index in [9.17, 15) is 22.8 Å². The van der Waals surface area contributed by atoms with Crippen molar-refractivity contribution in [1.29, 1.82) is 0 Å². The number of pyridine rings is 1. The number of benzene rings is 1. The van der Waals surface area contributed by atoms with Gasteiger partial charge in [0.15, 0.2) is 0 Å². The van der Waals surface area contributed by atoms with Crippen molar-refractivity contribution >= 4 is 11.6 Å². The zero-order valence-electron chi connectivity index (χ0n) is 13.0. The molecule has 0 saturated carbocycles. The molecule has 25 heavy (non-hydrogen) atoms. The molecule has 130 valence electrons. The Hall–Kier alpha value is -2.90. The van der Waals surface area contributed by atoms with Gasteiger partial charge in [-0.05, 0) is 17.7 Å². The lowest BCUT2D eigenvalue weighted by molar-refractivity contribution is -0.139. The maximum absolute atomic E-state index is 12.8. The highest BCUT2D eigenvalue weighted by Crippen LogP contribution is 2.26. The van der Waals surface area contributed by atoms with Gasteiger partial charge in [-0.3, -0.25) is 9.59 Å². The van der Waals surface area contributed by atoms with E-state index >= 15 is 0 Å². The minimum absolute atomic E-state index is 0.330. The zero-order chi connectivity index (χ0) is 18.0. The highest BCUT2D eigenvalue weighted by Gasteiger charge is 2.34. The molecule has 2 aromatic rings. The number of rotatable bonds is 3. The van der Waals surface area contributed by atoms with Crippen molar-refractivity contribution in [2.24, 2.45) is 5.10 Å². The van der Waals surface area contributed by atoms with Gasteiger partial charge < -0.3 is 4.57 Å². The lowest BCUT2D eigenvalue weighted by atomic mass is 10.1. The van der Waals surface area contributed by atoms with E-state index in [0.717, 1.165) is 28.1 Å². The summed E-state index contributed by atoms with van der Waals surface area (Å²) < 4.78 is 39.1. The number of aromatic nitrogens is 1. The molecule has 1 amide bonds. The van der Waals surface area contributed by atoms with E-state index in [1.54, 1.807) is 0 Å². The first-order chi connectivity index (χ1) is 11.9. The normalized spacial score (nSPS) is 14.5. The van der Waals surface area contributed by atoms with Gasteiger partial charge in [-0.15, -0.1) is 0 Å². The summed E-state index contributed by atoms with van der Waals surface area (Å²) in [6.45, 7) is -0.162. The predicted octanol–water partition coefficient (Wildman–Crippen LogP) is 2.50. The molecule has 0 fully saturated rings. The van der Waals surface area contributed by atoms with Crippen molar-refractivity contribution in [2.75, 3.05) is 6.54 Å². The monoisotopic (exact) mass is 349 g/mol. The maximum Gasteiger partial charge on any atom is 0.421 e. The molecule has 1 aliphatic heterocycles. The van der Waals surface area contributed by atoms with Crippen LogP contribution < -0.4 is 5.56 Å². The molecular formula is C17H14F3N3O2. The number of alkyl halides is 3. The van der Waals surface area contributed by atoms with Gasteiger partial charge in [-0.25, -0.2) is 5.01 Å². The number of hydrogen-bond acceptors (Lipinski definition) is 3. The second-order valence-electron chi connectivity index (χ2n) is 5.53. The minimum Gasteiger partial charge on any atom is -0.306 e. The molecule has 0 spiro atoms. The first kappa shape index (κ1) is 16.9. The van der Waals surface area contributed by atoms with Gasteiger partial charge in [0, 0.05) is 12.6 Å². The molecule has 0 saturated heterocycles. The summed E-state index contributed by atoms with van der Waals surface area (Å²) in [6, 6.07) is 11.1. The Bertz CT molecular complexity index is 873. The summed E-state index contributed by atoms with van der Waals surface area (Å²) in [7, 11) is 0. The van der Waals surface area contributed by atoms with Crippen molar-refractivity contribution in [1.82, 2.24) is 9.58 Å². The maximum atomic E-state index is 12.8. The van der Waals surface area contributed by atoms with E-state index in [4.69, 9.17) is 0 Å². The van der Waals surface area contributed by atoms with E-state index < -0.39 is 29.8 Å². The number of carbonyl (C=O) groups is 1. The van der Waals surface area contributed by atoms with Gasteiger partial charge in [0.25, 0.3) is 11.5 Å². The highest BCUT2D eigenvalue weighted by molar-refractivity contribution is 6.02. The SMILES string of the molecule is O=C(Cn1cccc(C(F)(F)F)c1=O)N1CCC(c2ccccc2)=N1. The first-order valence-electron chi connectivity index (χ1n) is 7.56. The lowest BCUT2D eigenvalue weighted by Crippen LogP contribution is -2.34. The molecule has 0 radical (unpaired) electrons. The Labute approximate surface area is 141 Å². The summed E-state index contributed by atoms with van der Waals surface area (Å²) in [5.74, 6) is -0.535. The lowest BCUT2D eigenvalue weighted by Gasteiger charge is -2.14. The molecule has 0 unspecified atom stereocenters. The Morgan fingerprint density at radius 1 is 1.12 bits per heavy atom. The Balaban J connectivity index is 1.78. The number of halogens is 3. The molecule has 5 nitrogen and oxygen atoms in total. The third-order valence-corrected chi connectivity index (χ3v) is 3.83. The molecule has 0 bridgehead atoms. The summed E-state index contributed by atoms with van der Waals surface area (Å²) in [6.07, 6.45) is -3.05. The molecule has 1 aromatic heterocycles. The molecule has 3 rings (SSSR count). The van der Waals surface area contributed by atoms with E-state index in [1.165, 1.54) is 5.01 Å². The smallest absolute Gasteiger partial charge is 0.306 e. The van der Waals surface area contributed by atoms with Crippen LogP contribution in [0.4, 0.5) is 13.2 Å². The van der Waals surface area contributed by atoms with Crippen LogP contribution in [-0.4, -0.2) is 27.7 Å². The highest BCUT2D eigenvalue weighted by atomic mass is 19.4. The largest absolute Gasteiger partial charge is 0.421 e. The zero-order valence-corrected chi connectivity index (χ0v) is 13.0. The number of carbonyl (C=O) groups excluding carboxylic acids is 1.